The zero-order valence-electron chi connectivity index (χ0n) is 27.6. The Morgan fingerprint density at radius 2 is 1.98 bits per heavy atom. The van der Waals surface area contributed by atoms with E-state index in [0.29, 0.717) is 61.9 Å². The van der Waals surface area contributed by atoms with E-state index >= 15 is 0 Å². The van der Waals surface area contributed by atoms with Gasteiger partial charge in [0.1, 0.15) is 11.6 Å². The molecule has 0 radical (unpaired) electrons. The van der Waals surface area contributed by atoms with Gasteiger partial charge in [0, 0.05) is 35.9 Å². The number of fused-ring (bicyclic) bond motifs is 1. The smallest absolute Gasteiger partial charge is 0.168 e. The van der Waals surface area contributed by atoms with Crippen LogP contribution in [-0.2, 0) is 11.2 Å². The van der Waals surface area contributed by atoms with Gasteiger partial charge in [-0.2, -0.15) is 0 Å². The summed E-state index contributed by atoms with van der Waals surface area (Å²) in [6, 6.07) is 8.64. The summed E-state index contributed by atoms with van der Waals surface area (Å²) in [5.74, 6) is 0.674. The van der Waals surface area contributed by atoms with Crippen molar-refractivity contribution in [3.05, 3.63) is 89.2 Å². The summed E-state index contributed by atoms with van der Waals surface area (Å²) in [6.07, 6.45) is 14.7. The number of hydrogen-bond donors (Lipinski definition) is 4. The van der Waals surface area contributed by atoms with E-state index in [2.05, 4.69) is 11.4 Å². The van der Waals surface area contributed by atoms with Crippen molar-refractivity contribution in [1.82, 2.24) is 9.55 Å². The predicted octanol–water partition coefficient (Wildman–Crippen LogP) is 7.05. The number of carbonyl (C=O) groups excluding carboxylic acids is 2. The van der Waals surface area contributed by atoms with Crippen LogP contribution in [0, 0.1) is 24.1 Å². The van der Waals surface area contributed by atoms with E-state index in [1.54, 1.807) is 25.3 Å². The van der Waals surface area contributed by atoms with Crippen molar-refractivity contribution in [3.63, 3.8) is 0 Å². The summed E-state index contributed by atoms with van der Waals surface area (Å²) in [5.41, 5.74) is 16.6. The van der Waals surface area contributed by atoms with E-state index in [1.807, 2.05) is 55.0 Å². The highest BCUT2D eigenvalue weighted by Gasteiger charge is 2.21. The molecule has 2 atom stereocenters. The number of amidine groups is 1. The maximum atomic E-state index is 14.9. The van der Waals surface area contributed by atoms with Gasteiger partial charge in [-0.3, -0.25) is 19.6 Å². The van der Waals surface area contributed by atoms with Gasteiger partial charge in [0.05, 0.1) is 30.7 Å². The lowest BCUT2D eigenvalue weighted by molar-refractivity contribution is -0.120. The molecule has 1 aliphatic heterocycles. The van der Waals surface area contributed by atoms with Crippen LogP contribution in [0.5, 0.6) is 5.75 Å². The predicted molar refractivity (Wildman–Crippen MR) is 187 cm³/mol. The molecule has 1 aliphatic rings. The van der Waals surface area contributed by atoms with Crippen molar-refractivity contribution in [2.45, 2.75) is 71.8 Å². The Labute approximate surface area is 276 Å². The number of ether oxygens (including phenoxy) is 1. The van der Waals surface area contributed by atoms with Gasteiger partial charge in [-0.25, -0.2) is 9.37 Å². The number of methoxy groups -OCH3 is 1. The van der Waals surface area contributed by atoms with Gasteiger partial charge >= 0.3 is 0 Å². The first-order chi connectivity index (χ1) is 22.5. The molecular formula is C37H45FN6O3. The summed E-state index contributed by atoms with van der Waals surface area (Å²) < 4.78 is 22.0. The van der Waals surface area contributed by atoms with Gasteiger partial charge in [-0.05, 0) is 92.5 Å². The molecule has 1 unspecified atom stereocenters. The number of aryl methyl sites for hydroxylation is 1. The summed E-state index contributed by atoms with van der Waals surface area (Å²) in [5, 5.41) is 10.7. The Kier molecular flexibility index (Phi) is 12.0. The number of halogens is 1. The molecule has 47 heavy (non-hydrogen) atoms. The van der Waals surface area contributed by atoms with Crippen molar-refractivity contribution in [2.75, 3.05) is 12.4 Å². The number of aromatic nitrogens is 2. The lowest BCUT2D eigenvalue weighted by Gasteiger charge is -2.16. The number of anilines is 1. The minimum absolute atomic E-state index is 0.0317. The number of benzene rings is 2. The fraction of sp³-hybridized carbons (Fsp3) is 0.351. The molecule has 1 aromatic heterocycles. The number of Topliss-reactive ketones (excluding diaryl/α,β-unsaturated/α-hetero) is 2. The van der Waals surface area contributed by atoms with Gasteiger partial charge in [0.15, 0.2) is 23.2 Å². The molecule has 6 N–H and O–H groups in total. The fourth-order valence-corrected chi connectivity index (χ4v) is 5.65. The van der Waals surface area contributed by atoms with E-state index in [9.17, 15) is 14.0 Å². The Bertz CT molecular complexity index is 1720. The minimum atomic E-state index is -0.618. The van der Waals surface area contributed by atoms with E-state index in [1.165, 1.54) is 13.2 Å². The van der Waals surface area contributed by atoms with Crippen molar-refractivity contribution in [2.24, 2.45) is 17.4 Å². The number of nitrogens with two attached hydrogens (primary N) is 2. The van der Waals surface area contributed by atoms with Gasteiger partial charge in [-0.15, -0.1) is 0 Å². The minimum Gasteiger partial charge on any atom is -0.494 e. The van der Waals surface area contributed by atoms with Crippen molar-refractivity contribution in [3.8, 4) is 17.0 Å². The largest absolute Gasteiger partial charge is 0.494 e. The van der Waals surface area contributed by atoms with E-state index < -0.39 is 11.9 Å². The van der Waals surface area contributed by atoms with Crippen LogP contribution in [-0.4, -0.2) is 40.1 Å². The number of allylic oxidation sites excluding steroid dienone is 2. The molecule has 0 spiro atoms. The highest BCUT2D eigenvalue weighted by molar-refractivity contribution is 5.98. The Morgan fingerprint density at radius 3 is 2.70 bits per heavy atom. The summed E-state index contributed by atoms with van der Waals surface area (Å²) in [4.78, 5) is 30.4. The van der Waals surface area contributed by atoms with E-state index in [0.717, 1.165) is 28.2 Å². The molecule has 0 amide bonds. The van der Waals surface area contributed by atoms with Crippen LogP contribution in [0.2, 0.25) is 0 Å². The van der Waals surface area contributed by atoms with Gasteiger partial charge < -0.3 is 21.5 Å². The average molecular weight is 641 g/mol. The monoisotopic (exact) mass is 640 g/mol. The summed E-state index contributed by atoms with van der Waals surface area (Å²) >= 11 is 0. The fourth-order valence-electron chi connectivity index (χ4n) is 5.65. The number of ketones is 2. The zero-order valence-corrected chi connectivity index (χ0v) is 27.6. The average Bonchev–Trinajstić information content (AvgIpc) is 3.37. The quantitative estimate of drug-likeness (QED) is 0.0744. The zero-order chi connectivity index (χ0) is 34.1. The molecule has 0 saturated carbocycles. The van der Waals surface area contributed by atoms with Crippen LogP contribution in [0.15, 0.2) is 60.8 Å². The number of carbonyl (C=O) groups is 2. The molecule has 3 aromatic rings. The first kappa shape index (κ1) is 35.0. The first-order valence-electron chi connectivity index (χ1n) is 16.0. The van der Waals surface area contributed by atoms with Crippen LogP contribution in [0.3, 0.4) is 0 Å². The highest BCUT2D eigenvalue weighted by atomic mass is 19.1. The van der Waals surface area contributed by atoms with Crippen LogP contribution in [0.1, 0.15) is 79.7 Å². The topological polar surface area (TPSA) is 149 Å². The highest BCUT2D eigenvalue weighted by Crippen LogP contribution is 2.34. The second-order valence-corrected chi connectivity index (χ2v) is 12.0. The third-order valence-corrected chi connectivity index (χ3v) is 8.51. The van der Waals surface area contributed by atoms with Gasteiger partial charge in [-0.1, -0.05) is 32.1 Å². The second kappa shape index (κ2) is 16.1. The van der Waals surface area contributed by atoms with Crippen LogP contribution < -0.4 is 21.5 Å². The molecule has 2 heterocycles. The molecule has 0 saturated heterocycles. The summed E-state index contributed by atoms with van der Waals surface area (Å²) in [7, 11) is 1.45. The Hall–Kier alpha value is -4.83. The van der Waals surface area contributed by atoms with Gasteiger partial charge in [0.25, 0.3) is 0 Å². The molecule has 0 aliphatic carbocycles. The maximum Gasteiger partial charge on any atom is 0.168 e. The Balaban J connectivity index is 1.40. The molecule has 0 fully saturated rings. The molecular weight excluding hydrogens is 595 g/mol. The summed E-state index contributed by atoms with van der Waals surface area (Å²) in [6.45, 7) is 5.81. The van der Waals surface area contributed by atoms with Crippen LogP contribution >= 0.6 is 0 Å². The molecule has 2 aromatic carbocycles. The lowest BCUT2D eigenvalue weighted by Crippen LogP contribution is -2.30. The maximum absolute atomic E-state index is 14.9. The molecule has 4 rings (SSSR count). The molecule has 10 heteroatoms. The number of nitrogens with one attached hydrogen (secondary N) is 2. The van der Waals surface area contributed by atoms with Crippen LogP contribution in [0.25, 0.3) is 23.2 Å². The van der Waals surface area contributed by atoms with Crippen molar-refractivity contribution < 1.29 is 18.7 Å². The SMILES string of the molecule is CCc1cc(NC2=CCC=Cn3c(-c4ccc(OC)c(F)c4C)cnc32)ccc1C(=O)CCC(C)CCC(=O)[C@@H](N)C/C=C/C(=N)N. The second-order valence-electron chi connectivity index (χ2n) is 12.0. The van der Waals surface area contributed by atoms with E-state index in [-0.39, 0.29) is 29.1 Å². The van der Waals surface area contributed by atoms with Crippen molar-refractivity contribution >= 4 is 35.0 Å². The number of nitrogens with zero attached hydrogens (tertiary/aromatic N) is 2. The standard InChI is InChI=1S/C37H45FN6O3/c1-5-25-21-26(14-15-28(25)32(45)17-12-23(2)13-18-33(46)29(39)9-8-11-35(40)41)43-30-10-6-7-20-44-31(22-42-37(30)44)27-16-19-34(47-4)36(38)24(27)3/h7-8,10-11,14-16,19-23,29,43H,5-6,9,12-13,17-18,39H2,1-4H3,(H3,40,41)/b11-8+/t23?,29-/m0/s1. The van der Waals surface area contributed by atoms with Crippen molar-refractivity contribution in [1.29, 1.82) is 5.41 Å². The number of imidazole rings is 1. The Morgan fingerprint density at radius 1 is 1.21 bits per heavy atom. The number of rotatable bonds is 16. The van der Waals surface area contributed by atoms with E-state index in [4.69, 9.17) is 26.6 Å². The van der Waals surface area contributed by atoms with Crippen LogP contribution in [0.4, 0.5) is 10.1 Å². The first-order valence-corrected chi connectivity index (χ1v) is 16.0. The number of hydrogen-bond acceptors (Lipinski definition) is 7. The molecule has 248 valence electrons. The van der Waals surface area contributed by atoms with Gasteiger partial charge in [0.2, 0.25) is 0 Å². The molecule has 9 nitrogen and oxygen atoms in total. The lowest BCUT2D eigenvalue weighted by atomic mass is 9.92. The molecule has 0 bridgehead atoms. The third-order valence-electron chi connectivity index (χ3n) is 8.51. The third kappa shape index (κ3) is 8.71. The normalized spacial score (nSPS) is 13.9.